The Morgan fingerprint density at radius 2 is 1.79 bits per heavy atom. The molecule has 2 aliphatic heterocycles. The van der Waals surface area contributed by atoms with E-state index in [2.05, 4.69) is 4.58 Å². The number of hydrogen-bond donors (Lipinski definition) is 0. The zero-order valence-electron chi connectivity index (χ0n) is 12.1. The summed E-state index contributed by atoms with van der Waals surface area (Å²) < 4.78 is 28.3. The van der Waals surface area contributed by atoms with Crippen molar-refractivity contribution in [3.63, 3.8) is 0 Å². The number of amidine groups is 1. The maximum absolute atomic E-state index is 13.0. The summed E-state index contributed by atoms with van der Waals surface area (Å²) in [6, 6.07) is 0. The van der Waals surface area contributed by atoms with Crippen LogP contribution in [0.3, 0.4) is 0 Å². The lowest BCUT2D eigenvalue weighted by Gasteiger charge is -2.30. The molecule has 0 aromatic rings. The standard InChI is InChI=1S/C13H26N2O3P/c1-3-17-19(16,18-4-2)15-12-8-11-14-10-7-5-6-9-13(14)15/h3-12H2,1-2H3/q+1. The minimum absolute atomic E-state index is 0.418. The number of nitrogens with zero attached hydrogens (tertiary/aromatic N) is 2. The highest BCUT2D eigenvalue weighted by Crippen LogP contribution is 2.53. The predicted octanol–water partition coefficient (Wildman–Crippen LogP) is 2.86. The van der Waals surface area contributed by atoms with Crippen molar-refractivity contribution in [2.75, 3.05) is 32.8 Å². The molecule has 0 saturated carbocycles. The van der Waals surface area contributed by atoms with E-state index in [1.54, 1.807) is 0 Å². The maximum Gasteiger partial charge on any atom is 0.523 e. The highest BCUT2D eigenvalue weighted by atomic mass is 31.2. The van der Waals surface area contributed by atoms with Crippen LogP contribution in [0.2, 0.25) is 0 Å². The van der Waals surface area contributed by atoms with Crippen molar-refractivity contribution in [3.05, 3.63) is 0 Å². The normalized spacial score (nSPS) is 21.3. The summed E-state index contributed by atoms with van der Waals surface area (Å²) >= 11 is 0. The lowest BCUT2D eigenvalue weighted by atomic mass is 10.2. The summed E-state index contributed by atoms with van der Waals surface area (Å²) in [4.78, 5) is 0. The van der Waals surface area contributed by atoms with E-state index in [4.69, 9.17) is 9.05 Å². The van der Waals surface area contributed by atoms with Crippen LogP contribution in [0.15, 0.2) is 0 Å². The van der Waals surface area contributed by atoms with Gasteiger partial charge >= 0.3 is 7.75 Å². The van der Waals surface area contributed by atoms with E-state index in [9.17, 15) is 4.57 Å². The highest BCUT2D eigenvalue weighted by Gasteiger charge is 2.45. The van der Waals surface area contributed by atoms with Gasteiger partial charge in [-0.1, -0.05) is 0 Å². The Balaban J connectivity index is 2.27. The molecule has 0 radical (unpaired) electrons. The molecule has 0 saturated heterocycles. The molecule has 0 amide bonds. The van der Waals surface area contributed by atoms with Crippen molar-refractivity contribution in [2.45, 2.75) is 46.0 Å². The molecule has 2 aliphatic rings. The largest absolute Gasteiger partial charge is 0.523 e. The Bertz CT molecular complexity index is 374. The molecule has 2 rings (SSSR count). The Morgan fingerprint density at radius 1 is 1.11 bits per heavy atom. The second-order valence-corrected chi connectivity index (χ2v) is 6.93. The van der Waals surface area contributed by atoms with Crippen LogP contribution in [-0.4, -0.2) is 47.9 Å². The number of hydrogen-bond acceptors (Lipinski definition) is 3. The van der Waals surface area contributed by atoms with E-state index in [0.717, 1.165) is 32.5 Å². The fourth-order valence-corrected chi connectivity index (χ4v) is 4.79. The first-order valence-corrected chi connectivity index (χ1v) is 8.98. The molecular formula is C13H26N2O3P+. The third-order valence-corrected chi connectivity index (χ3v) is 5.86. The van der Waals surface area contributed by atoms with Gasteiger partial charge < -0.3 is 0 Å². The molecule has 0 bridgehead atoms. The molecule has 6 heteroatoms. The highest BCUT2D eigenvalue weighted by molar-refractivity contribution is 7.52. The topological polar surface area (TPSA) is 41.8 Å². The predicted molar refractivity (Wildman–Crippen MR) is 75.7 cm³/mol. The Morgan fingerprint density at radius 3 is 2.47 bits per heavy atom. The Kier molecular flexibility index (Phi) is 5.43. The van der Waals surface area contributed by atoms with Crippen LogP contribution in [0, 0.1) is 0 Å². The van der Waals surface area contributed by atoms with Crippen molar-refractivity contribution >= 4 is 13.6 Å². The molecular weight excluding hydrogens is 263 g/mol. The van der Waals surface area contributed by atoms with Crippen molar-refractivity contribution < 1.29 is 18.2 Å². The molecule has 0 aliphatic carbocycles. The van der Waals surface area contributed by atoms with Crippen LogP contribution >= 0.6 is 7.75 Å². The van der Waals surface area contributed by atoms with Gasteiger partial charge in [0.2, 0.25) is 0 Å². The van der Waals surface area contributed by atoms with Crippen molar-refractivity contribution in [3.8, 4) is 0 Å². The van der Waals surface area contributed by atoms with Gasteiger partial charge in [0.05, 0.1) is 32.8 Å². The third kappa shape index (κ3) is 3.39. The fraction of sp³-hybridized carbons (Fsp3) is 0.923. The zero-order chi connectivity index (χ0) is 13.7. The Labute approximate surface area is 116 Å². The summed E-state index contributed by atoms with van der Waals surface area (Å²) in [5, 5.41) is 0. The summed E-state index contributed by atoms with van der Waals surface area (Å²) in [6.45, 7) is 7.50. The Hall–Kier alpha value is -0.380. The summed E-state index contributed by atoms with van der Waals surface area (Å²) in [5.41, 5.74) is 0. The third-order valence-electron chi connectivity index (χ3n) is 3.67. The molecule has 0 N–H and O–H groups in total. The monoisotopic (exact) mass is 289 g/mol. The van der Waals surface area contributed by atoms with Gasteiger partial charge in [0, 0.05) is 12.8 Å². The van der Waals surface area contributed by atoms with Crippen molar-refractivity contribution in [1.29, 1.82) is 0 Å². The minimum atomic E-state index is -3.15. The molecule has 5 nitrogen and oxygen atoms in total. The summed E-state index contributed by atoms with van der Waals surface area (Å²) in [5.74, 6) is 1.17. The fourth-order valence-electron chi connectivity index (χ4n) is 2.89. The molecule has 0 unspecified atom stereocenters. The van der Waals surface area contributed by atoms with Gasteiger partial charge in [-0.15, -0.1) is 0 Å². The lowest BCUT2D eigenvalue weighted by molar-refractivity contribution is -0.537. The van der Waals surface area contributed by atoms with Crippen LogP contribution < -0.4 is 0 Å². The zero-order valence-corrected chi connectivity index (χ0v) is 13.0. The van der Waals surface area contributed by atoms with Gasteiger partial charge in [-0.25, -0.2) is 4.57 Å². The molecule has 0 fully saturated rings. The lowest BCUT2D eigenvalue weighted by Crippen LogP contribution is -2.42. The minimum Gasteiger partial charge on any atom is -0.275 e. The maximum atomic E-state index is 13.0. The van der Waals surface area contributed by atoms with E-state index in [1.807, 2.05) is 18.5 Å². The molecule has 19 heavy (non-hydrogen) atoms. The van der Waals surface area contributed by atoms with Crippen LogP contribution in [0.4, 0.5) is 0 Å². The SMILES string of the molecule is CCOP(=O)(OCC)N1CCC[N+]2=C1CCCCC2. The first kappa shape index (κ1) is 15.0. The molecule has 0 spiro atoms. The van der Waals surface area contributed by atoms with Crippen LogP contribution in [0.25, 0.3) is 0 Å². The average molecular weight is 289 g/mol. The second kappa shape index (κ2) is 6.87. The summed E-state index contributed by atoms with van der Waals surface area (Å²) in [7, 11) is -3.15. The summed E-state index contributed by atoms with van der Waals surface area (Å²) in [6.07, 6.45) is 5.66. The van der Waals surface area contributed by atoms with Gasteiger partial charge in [0.25, 0.3) is 5.84 Å². The first-order chi connectivity index (χ1) is 9.21. The first-order valence-electron chi connectivity index (χ1n) is 7.49. The van der Waals surface area contributed by atoms with Crippen LogP contribution in [0.1, 0.15) is 46.0 Å². The molecule has 0 atom stereocenters. The van der Waals surface area contributed by atoms with E-state index >= 15 is 0 Å². The van der Waals surface area contributed by atoms with Gasteiger partial charge in [-0.05, 0) is 33.1 Å². The van der Waals surface area contributed by atoms with Crippen LogP contribution in [-0.2, 0) is 13.6 Å². The van der Waals surface area contributed by atoms with Crippen molar-refractivity contribution in [1.82, 2.24) is 4.67 Å². The van der Waals surface area contributed by atoms with Crippen molar-refractivity contribution in [2.24, 2.45) is 0 Å². The van der Waals surface area contributed by atoms with E-state index < -0.39 is 7.75 Å². The van der Waals surface area contributed by atoms with E-state index in [0.29, 0.717) is 13.2 Å². The smallest absolute Gasteiger partial charge is 0.275 e. The molecule has 2 heterocycles. The van der Waals surface area contributed by atoms with Gasteiger partial charge in [0.1, 0.15) is 0 Å². The van der Waals surface area contributed by atoms with Gasteiger partial charge in [-0.3, -0.25) is 13.6 Å². The molecule has 110 valence electrons. The van der Waals surface area contributed by atoms with Crippen LogP contribution in [0.5, 0.6) is 0 Å². The molecule has 0 aromatic heterocycles. The molecule has 0 aromatic carbocycles. The second-order valence-electron chi connectivity index (χ2n) is 4.99. The average Bonchev–Trinajstić information content (AvgIpc) is 2.63. The van der Waals surface area contributed by atoms with Gasteiger partial charge in [-0.2, -0.15) is 4.67 Å². The number of rotatable bonds is 5. The van der Waals surface area contributed by atoms with E-state index in [1.165, 1.54) is 25.1 Å². The quantitative estimate of drug-likeness (QED) is 0.576. The van der Waals surface area contributed by atoms with Gasteiger partial charge in [0.15, 0.2) is 0 Å². The van der Waals surface area contributed by atoms with E-state index in [-0.39, 0.29) is 0 Å².